The van der Waals surface area contributed by atoms with E-state index < -0.39 is 0 Å². The van der Waals surface area contributed by atoms with Gasteiger partial charge in [-0.3, -0.25) is 9.48 Å². The number of anilines is 1. The molecular weight excluding hydrogens is 378 g/mol. The molecule has 0 spiro atoms. The van der Waals surface area contributed by atoms with Gasteiger partial charge < -0.3 is 19.4 Å². The SMILES string of the molecule is COc1ccc(N2CCCN(CC3CCN(C(=O)c4ccnn4C)CC3)CC2)cc1. The van der Waals surface area contributed by atoms with Crippen LogP contribution in [-0.2, 0) is 7.05 Å². The van der Waals surface area contributed by atoms with Gasteiger partial charge in [0.25, 0.3) is 5.91 Å². The fraction of sp³-hybridized carbons (Fsp3) is 0.565. The van der Waals surface area contributed by atoms with Crippen molar-refractivity contribution in [3.8, 4) is 5.75 Å². The molecule has 7 heteroatoms. The van der Waals surface area contributed by atoms with Crippen molar-refractivity contribution >= 4 is 11.6 Å². The second-order valence-electron chi connectivity index (χ2n) is 8.41. The van der Waals surface area contributed by atoms with E-state index in [1.165, 1.54) is 12.1 Å². The number of methoxy groups -OCH3 is 1. The van der Waals surface area contributed by atoms with Crippen LogP contribution >= 0.6 is 0 Å². The number of aromatic nitrogens is 2. The van der Waals surface area contributed by atoms with Gasteiger partial charge in [-0.25, -0.2) is 0 Å². The van der Waals surface area contributed by atoms with Gasteiger partial charge in [-0.1, -0.05) is 0 Å². The van der Waals surface area contributed by atoms with E-state index in [0.29, 0.717) is 11.6 Å². The molecule has 3 heterocycles. The van der Waals surface area contributed by atoms with Crippen LogP contribution in [0.15, 0.2) is 36.5 Å². The third-order valence-electron chi connectivity index (χ3n) is 6.48. The minimum atomic E-state index is 0.110. The maximum Gasteiger partial charge on any atom is 0.272 e. The molecule has 0 N–H and O–H groups in total. The summed E-state index contributed by atoms with van der Waals surface area (Å²) < 4.78 is 6.94. The van der Waals surface area contributed by atoms with Crippen LogP contribution in [-0.4, -0.2) is 78.4 Å². The summed E-state index contributed by atoms with van der Waals surface area (Å²) in [7, 11) is 3.53. The highest BCUT2D eigenvalue weighted by Crippen LogP contribution is 2.23. The van der Waals surface area contributed by atoms with Gasteiger partial charge in [0.1, 0.15) is 11.4 Å². The summed E-state index contributed by atoms with van der Waals surface area (Å²) in [6, 6.07) is 10.2. The van der Waals surface area contributed by atoms with E-state index in [1.807, 2.05) is 24.1 Å². The molecule has 0 aliphatic carbocycles. The van der Waals surface area contributed by atoms with Gasteiger partial charge in [0.2, 0.25) is 0 Å². The molecule has 2 fully saturated rings. The zero-order chi connectivity index (χ0) is 20.9. The van der Waals surface area contributed by atoms with Crippen molar-refractivity contribution in [1.29, 1.82) is 0 Å². The van der Waals surface area contributed by atoms with Crippen molar-refractivity contribution in [2.45, 2.75) is 19.3 Å². The van der Waals surface area contributed by atoms with Crippen LogP contribution in [0.2, 0.25) is 0 Å². The minimum absolute atomic E-state index is 0.110. The number of hydrogen-bond donors (Lipinski definition) is 0. The van der Waals surface area contributed by atoms with Gasteiger partial charge in [0, 0.05) is 58.2 Å². The third-order valence-corrected chi connectivity index (χ3v) is 6.48. The lowest BCUT2D eigenvalue weighted by Crippen LogP contribution is -2.42. The van der Waals surface area contributed by atoms with Gasteiger partial charge in [-0.05, 0) is 62.1 Å². The molecule has 4 rings (SSSR count). The number of likely N-dealkylation sites (tertiary alicyclic amines) is 1. The van der Waals surface area contributed by atoms with Crippen molar-refractivity contribution in [1.82, 2.24) is 19.6 Å². The Kier molecular flexibility index (Phi) is 6.57. The number of carbonyl (C=O) groups is 1. The van der Waals surface area contributed by atoms with Crippen molar-refractivity contribution in [3.63, 3.8) is 0 Å². The van der Waals surface area contributed by atoms with E-state index in [2.05, 4.69) is 27.0 Å². The van der Waals surface area contributed by atoms with Crippen LogP contribution in [0.5, 0.6) is 5.75 Å². The number of carbonyl (C=O) groups excluding carboxylic acids is 1. The van der Waals surface area contributed by atoms with Crippen molar-refractivity contribution in [2.24, 2.45) is 13.0 Å². The topological polar surface area (TPSA) is 53.8 Å². The van der Waals surface area contributed by atoms with E-state index in [-0.39, 0.29) is 5.91 Å². The Balaban J connectivity index is 1.24. The average molecular weight is 412 g/mol. The van der Waals surface area contributed by atoms with Gasteiger partial charge >= 0.3 is 0 Å². The van der Waals surface area contributed by atoms with E-state index in [1.54, 1.807) is 24.1 Å². The molecule has 0 bridgehead atoms. The molecule has 2 aliphatic rings. The Bertz CT molecular complexity index is 826. The summed E-state index contributed by atoms with van der Waals surface area (Å²) in [6.45, 7) is 7.25. The molecule has 1 aromatic carbocycles. The van der Waals surface area contributed by atoms with Crippen LogP contribution in [0.3, 0.4) is 0 Å². The van der Waals surface area contributed by atoms with E-state index >= 15 is 0 Å². The zero-order valence-electron chi connectivity index (χ0n) is 18.2. The third kappa shape index (κ3) is 4.78. The second kappa shape index (κ2) is 9.51. The van der Waals surface area contributed by atoms with Crippen LogP contribution in [0.4, 0.5) is 5.69 Å². The summed E-state index contributed by atoms with van der Waals surface area (Å²) in [6.07, 6.45) is 5.04. The van der Waals surface area contributed by atoms with Gasteiger partial charge in [-0.2, -0.15) is 5.10 Å². The second-order valence-corrected chi connectivity index (χ2v) is 8.41. The molecule has 2 saturated heterocycles. The number of piperidine rings is 1. The normalized spacial score (nSPS) is 19.0. The van der Waals surface area contributed by atoms with Crippen LogP contribution in [0.1, 0.15) is 29.8 Å². The van der Waals surface area contributed by atoms with Crippen molar-refractivity contribution < 1.29 is 9.53 Å². The Morgan fingerprint density at radius 3 is 2.47 bits per heavy atom. The lowest BCUT2D eigenvalue weighted by Gasteiger charge is -2.34. The van der Waals surface area contributed by atoms with E-state index in [0.717, 1.165) is 64.4 Å². The standard InChI is InChI=1S/C23H33N5O2/c1-25-22(8-11-24-25)23(29)28-14-9-19(10-15-28)18-26-12-3-13-27(17-16-26)20-4-6-21(30-2)7-5-20/h4-8,11,19H,3,9-10,12-18H2,1-2H3. The van der Waals surface area contributed by atoms with Gasteiger partial charge in [0.05, 0.1) is 7.11 Å². The monoisotopic (exact) mass is 411 g/mol. The summed E-state index contributed by atoms with van der Waals surface area (Å²) in [5, 5.41) is 4.12. The summed E-state index contributed by atoms with van der Waals surface area (Å²) in [5.74, 6) is 1.69. The number of amides is 1. The van der Waals surface area contributed by atoms with Crippen LogP contribution < -0.4 is 9.64 Å². The molecule has 0 atom stereocenters. The zero-order valence-corrected chi connectivity index (χ0v) is 18.2. The number of benzene rings is 1. The first-order valence-electron chi connectivity index (χ1n) is 11.0. The first-order valence-corrected chi connectivity index (χ1v) is 11.0. The number of hydrogen-bond acceptors (Lipinski definition) is 5. The van der Waals surface area contributed by atoms with Crippen molar-refractivity contribution in [3.05, 3.63) is 42.2 Å². The highest BCUT2D eigenvalue weighted by Gasteiger charge is 2.27. The summed E-state index contributed by atoms with van der Waals surface area (Å²) in [5.41, 5.74) is 1.96. The first kappa shape index (κ1) is 20.7. The minimum Gasteiger partial charge on any atom is -0.497 e. The smallest absolute Gasteiger partial charge is 0.272 e. The number of ether oxygens (including phenoxy) is 1. The molecule has 0 radical (unpaired) electrons. The molecule has 1 amide bonds. The van der Waals surface area contributed by atoms with Gasteiger partial charge in [0.15, 0.2) is 0 Å². The maximum absolute atomic E-state index is 12.7. The van der Waals surface area contributed by atoms with Crippen LogP contribution in [0, 0.1) is 5.92 Å². The Morgan fingerprint density at radius 2 is 1.80 bits per heavy atom. The predicted octanol–water partition coefficient (Wildman–Crippen LogP) is 2.49. The van der Waals surface area contributed by atoms with Crippen molar-refractivity contribution in [2.75, 3.05) is 57.8 Å². The largest absolute Gasteiger partial charge is 0.497 e. The molecule has 1 aromatic heterocycles. The first-order chi connectivity index (χ1) is 14.6. The lowest BCUT2D eigenvalue weighted by atomic mass is 9.96. The number of aryl methyl sites for hydroxylation is 1. The fourth-order valence-corrected chi connectivity index (χ4v) is 4.63. The Hall–Kier alpha value is -2.54. The summed E-state index contributed by atoms with van der Waals surface area (Å²) in [4.78, 5) is 19.8. The summed E-state index contributed by atoms with van der Waals surface area (Å²) >= 11 is 0. The molecule has 7 nitrogen and oxygen atoms in total. The lowest BCUT2D eigenvalue weighted by molar-refractivity contribution is 0.0658. The van der Waals surface area contributed by atoms with Crippen LogP contribution in [0.25, 0.3) is 0 Å². The maximum atomic E-state index is 12.7. The number of nitrogens with zero attached hydrogens (tertiary/aromatic N) is 5. The highest BCUT2D eigenvalue weighted by molar-refractivity contribution is 5.92. The molecule has 2 aromatic rings. The molecule has 0 saturated carbocycles. The fourth-order valence-electron chi connectivity index (χ4n) is 4.63. The highest BCUT2D eigenvalue weighted by atomic mass is 16.5. The Labute approximate surface area is 179 Å². The molecule has 162 valence electrons. The molecular formula is C23H33N5O2. The van der Waals surface area contributed by atoms with E-state index in [9.17, 15) is 4.79 Å². The predicted molar refractivity (Wildman–Crippen MR) is 118 cm³/mol. The van der Waals surface area contributed by atoms with E-state index in [4.69, 9.17) is 4.74 Å². The Morgan fingerprint density at radius 1 is 1.03 bits per heavy atom. The molecule has 30 heavy (non-hydrogen) atoms. The van der Waals surface area contributed by atoms with Gasteiger partial charge in [-0.15, -0.1) is 0 Å². The average Bonchev–Trinajstić information content (AvgIpc) is 3.07. The quantitative estimate of drug-likeness (QED) is 0.757. The number of rotatable bonds is 5. The molecule has 2 aliphatic heterocycles. The molecule has 0 unspecified atom stereocenters.